The zero-order valence-corrected chi connectivity index (χ0v) is 16.0. The molecule has 9 heteroatoms. The monoisotopic (exact) mass is 409 g/mol. The third-order valence-electron chi connectivity index (χ3n) is 4.47. The number of allylic oxidation sites excluding steroid dienone is 4. The highest BCUT2D eigenvalue weighted by Gasteiger charge is 2.25. The van der Waals surface area contributed by atoms with Crippen LogP contribution in [0, 0.1) is 0 Å². The van der Waals surface area contributed by atoms with Crippen LogP contribution in [0.15, 0.2) is 53.1 Å². The van der Waals surface area contributed by atoms with Crippen LogP contribution in [0.2, 0.25) is 0 Å². The first kappa shape index (κ1) is 18.6. The first-order valence-electron chi connectivity index (χ1n) is 8.57. The zero-order valence-electron chi connectivity index (χ0n) is 15.2. The molecule has 1 aliphatic carbocycles. The van der Waals surface area contributed by atoms with Crippen molar-refractivity contribution in [1.29, 1.82) is 0 Å². The van der Waals surface area contributed by atoms with Crippen LogP contribution in [0.5, 0.6) is 11.8 Å². The number of thiazole rings is 1. The van der Waals surface area contributed by atoms with Gasteiger partial charge in [-0.05, 0) is 24.6 Å². The van der Waals surface area contributed by atoms with Gasteiger partial charge in [-0.15, -0.1) is 0 Å². The van der Waals surface area contributed by atoms with Gasteiger partial charge in [0.05, 0.1) is 11.1 Å². The summed E-state index contributed by atoms with van der Waals surface area (Å²) in [5.41, 5.74) is 1.68. The third kappa shape index (κ3) is 3.21. The number of hydrogen-bond donors (Lipinski definition) is 3. The van der Waals surface area contributed by atoms with Gasteiger partial charge in [-0.2, -0.15) is 4.98 Å². The molecule has 1 aliphatic rings. The molecule has 0 spiro atoms. The lowest BCUT2D eigenvalue weighted by Crippen LogP contribution is -2.14. The fourth-order valence-electron chi connectivity index (χ4n) is 3.19. The number of para-hydroxylation sites is 1. The quantitative estimate of drug-likeness (QED) is 0.567. The maximum Gasteiger partial charge on any atom is 0.323 e. The number of nitrogens with zero attached hydrogens (tertiary/aromatic N) is 3. The zero-order chi connectivity index (χ0) is 20.7. The average molecular weight is 409 g/mol. The Morgan fingerprint density at radius 3 is 2.76 bits per heavy atom. The predicted octanol–water partition coefficient (Wildman–Crippen LogP) is 3.42. The number of ketones is 1. The van der Waals surface area contributed by atoms with Crippen molar-refractivity contribution in [1.82, 2.24) is 9.55 Å². The van der Waals surface area contributed by atoms with Gasteiger partial charge in [0.2, 0.25) is 22.7 Å². The summed E-state index contributed by atoms with van der Waals surface area (Å²) < 4.78 is 1.25. The number of carboxylic acid groups (broad SMARTS) is 1. The molecule has 29 heavy (non-hydrogen) atoms. The lowest BCUT2D eigenvalue weighted by molar-refractivity contribution is -0.137. The second-order valence-corrected chi connectivity index (χ2v) is 7.36. The SMILES string of the molecule is CC1=CC=CC(=O)/C1=N/c1nc(O)c(-c2c(O)n(CC(=O)O)c3ccccc23)s1. The van der Waals surface area contributed by atoms with Gasteiger partial charge < -0.3 is 19.9 Å². The Labute approximate surface area is 168 Å². The van der Waals surface area contributed by atoms with E-state index in [9.17, 15) is 19.8 Å². The molecule has 3 N–H and O–H groups in total. The summed E-state index contributed by atoms with van der Waals surface area (Å²) in [5.74, 6) is -2.02. The molecular weight excluding hydrogens is 394 g/mol. The number of carbonyl (C=O) groups is 2. The van der Waals surface area contributed by atoms with Gasteiger partial charge >= 0.3 is 5.97 Å². The summed E-state index contributed by atoms with van der Waals surface area (Å²) in [7, 11) is 0. The Kier molecular flexibility index (Phi) is 4.51. The highest BCUT2D eigenvalue weighted by Crippen LogP contribution is 2.47. The van der Waals surface area contributed by atoms with Crippen molar-refractivity contribution in [3.05, 3.63) is 48.1 Å². The van der Waals surface area contributed by atoms with Gasteiger partial charge in [-0.3, -0.25) is 9.59 Å². The second-order valence-electron chi connectivity index (χ2n) is 6.38. The smallest absolute Gasteiger partial charge is 0.323 e. The maximum absolute atomic E-state index is 12.1. The van der Waals surface area contributed by atoms with Crippen LogP contribution in [-0.4, -0.2) is 42.3 Å². The molecule has 0 radical (unpaired) electrons. The summed E-state index contributed by atoms with van der Waals surface area (Å²) in [6.45, 7) is 1.31. The first-order chi connectivity index (χ1) is 13.9. The van der Waals surface area contributed by atoms with E-state index in [4.69, 9.17) is 5.11 Å². The summed E-state index contributed by atoms with van der Waals surface area (Å²) >= 11 is 0.999. The number of rotatable bonds is 4. The number of fused-ring (bicyclic) bond motifs is 1. The third-order valence-corrected chi connectivity index (χ3v) is 5.43. The molecule has 0 unspecified atom stereocenters. The van der Waals surface area contributed by atoms with E-state index >= 15 is 0 Å². The van der Waals surface area contributed by atoms with Crippen molar-refractivity contribution in [3.8, 4) is 22.2 Å². The summed E-state index contributed by atoms with van der Waals surface area (Å²) in [6.07, 6.45) is 4.78. The van der Waals surface area contributed by atoms with Gasteiger partial charge in [0.1, 0.15) is 17.1 Å². The van der Waals surface area contributed by atoms with Gasteiger partial charge in [-0.1, -0.05) is 41.7 Å². The molecular formula is C20H15N3O5S. The molecule has 1 aromatic carbocycles. The second kappa shape index (κ2) is 7.02. The van der Waals surface area contributed by atoms with Crippen molar-refractivity contribution >= 4 is 44.8 Å². The van der Waals surface area contributed by atoms with E-state index in [0.29, 0.717) is 16.5 Å². The molecule has 0 atom stereocenters. The lowest BCUT2D eigenvalue weighted by Gasteiger charge is -2.04. The normalized spacial score (nSPS) is 15.3. The summed E-state index contributed by atoms with van der Waals surface area (Å²) in [5, 5.41) is 31.0. The molecule has 4 rings (SSSR count). The number of carbonyl (C=O) groups excluding carboxylic acids is 1. The number of aliphatic imine (C=N–C) groups is 1. The number of carboxylic acids is 1. The number of aromatic hydroxyl groups is 2. The lowest BCUT2D eigenvalue weighted by atomic mass is 10.0. The van der Waals surface area contributed by atoms with E-state index in [2.05, 4.69) is 9.98 Å². The molecule has 3 aromatic rings. The molecule has 2 heterocycles. The highest BCUT2D eigenvalue weighted by molar-refractivity contribution is 7.19. The molecule has 0 amide bonds. The molecule has 0 saturated heterocycles. The Morgan fingerprint density at radius 1 is 1.28 bits per heavy atom. The Hall–Kier alpha value is -3.72. The standard InChI is InChI=1S/C20H15N3O5S/c1-10-5-4-8-13(24)16(10)21-20-22-18(27)17(29-20)15-11-6-2-3-7-12(11)23(19(15)28)9-14(25)26/h2-8,27-28H,9H2,1H3,(H,25,26)/b21-16+. The Bertz CT molecular complexity index is 1260. The summed E-state index contributed by atoms with van der Waals surface area (Å²) in [4.78, 5) is 31.8. The van der Waals surface area contributed by atoms with Gasteiger partial charge in [-0.25, -0.2) is 4.99 Å². The van der Waals surface area contributed by atoms with E-state index in [1.807, 2.05) is 0 Å². The van der Waals surface area contributed by atoms with Crippen LogP contribution >= 0.6 is 11.3 Å². The van der Waals surface area contributed by atoms with Crippen LogP contribution in [-0.2, 0) is 16.1 Å². The minimum absolute atomic E-state index is 0.151. The van der Waals surface area contributed by atoms with Crippen molar-refractivity contribution in [3.63, 3.8) is 0 Å². The van der Waals surface area contributed by atoms with Crippen molar-refractivity contribution in [2.75, 3.05) is 0 Å². The molecule has 0 saturated carbocycles. The molecule has 0 fully saturated rings. The largest absolute Gasteiger partial charge is 0.494 e. The maximum atomic E-state index is 12.1. The van der Waals surface area contributed by atoms with Gasteiger partial charge in [0.25, 0.3) is 0 Å². The Morgan fingerprint density at radius 2 is 2.03 bits per heavy atom. The van der Waals surface area contributed by atoms with Crippen molar-refractivity contribution in [2.24, 2.45) is 4.99 Å². The van der Waals surface area contributed by atoms with Crippen molar-refractivity contribution < 1.29 is 24.9 Å². The molecule has 2 aromatic heterocycles. The van der Waals surface area contributed by atoms with Crippen molar-refractivity contribution in [2.45, 2.75) is 13.5 Å². The average Bonchev–Trinajstić information content (AvgIpc) is 3.15. The van der Waals surface area contributed by atoms with Gasteiger partial charge in [0.15, 0.2) is 0 Å². The van der Waals surface area contributed by atoms with E-state index in [0.717, 1.165) is 11.3 Å². The molecule has 8 nitrogen and oxygen atoms in total. The first-order valence-corrected chi connectivity index (χ1v) is 9.39. The highest BCUT2D eigenvalue weighted by atomic mass is 32.1. The van der Waals surface area contributed by atoms with Crippen LogP contribution in [0.1, 0.15) is 6.92 Å². The number of hydrogen-bond acceptors (Lipinski definition) is 7. The van der Waals surface area contributed by atoms with E-state index < -0.39 is 12.5 Å². The molecule has 0 aliphatic heterocycles. The fraction of sp³-hybridized carbons (Fsp3) is 0.100. The van der Waals surface area contributed by atoms with Crippen LogP contribution in [0.25, 0.3) is 21.3 Å². The van der Waals surface area contributed by atoms with Crippen LogP contribution < -0.4 is 0 Å². The minimum Gasteiger partial charge on any atom is -0.494 e. The number of benzene rings is 1. The number of aromatic nitrogens is 2. The minimum atomic E-state index is -1.11. The van der Waals surface area contributed by atoms with Crippen LogP contribution in [0.3, 0.4) is 0 Å². The fourth-order valence-corrected chi connectivity index (χ4v) is 4.08. The topological polar surface area (TPSA) is 125 Å². The summed E-state index contributed by atoms with van der Waals surface area (Å²) in [6, 6.07) is 6.87. The van der Waals surface area contributed by atoms with E-state index in [1.54, 1.807) is 43.3 Å². The van der Waals surface area contributed by atoms with Gasteiger partial charge in [0, 0.05) is 5.39 Å². The van der Waals surface area contributed by atoms with E-state index in [-0.39, 0.29) is 38.8 Å². The molecule has 146 valence electrons. The molecule has 0 bridgehead atoms. The van der Waals surface area contributed by atoms with Crippen LogP contribution in [0.4, 0.5) is 5.13 Å². The van der Waals surface area contributed by atoms with E-state index in [1.165, 1.54) is 10.6 Å². The number of aliphatic carboxylic acids is 1. The predicted molar refractivity (Wildman–Crippen MR) is 109 cm³/mol. The Balaban J connectivity index is 1.87.